The molecule has 130 valence electrons. The number of hydrogen-bond donors (Lipinski definition) is 1. The summed E-state index contributed by atoms with van der Waals surface area (Å²) in [5.41, 5.74) is 2.98. The van der Waals surface area contributed by atoms with E-state index in [1.54, 1.807) is 25.1 Å². The molecule has 0 bridgehead atoms. The van der Waals surface area contributed by atoms with E-state index in [1.807, 2.05) is 53.1 Å². The topological polar surface area (TPSA) is 47.3 Å². The molecule has 1 heterocycles. The highest BCUT2D eigenvalue weighted by atomic mass is 35.5. The molecule has 0 unspecified atom stereocenters. The normalized spacial score (nSPS) is 10.8. The molecule has 0 saturated heterocycles. The summed E-state index contributed by atoms with van der Waals surface area (Å²) in [5.74, 6) is 1.55. The Bertz CT molecular complexity index is 834. The third-order valence-electron chi connectivity index (χ3n) is 3.88. The van der Waals surface area contributed by atoms with Crippen LogP contribution in [0, 0.1) is 0 Å². The van der Waals surface area contributed by atoms with Crippen LogP contribution >= 0.6 is 23.4 Å². The lowest BCUT2D eigenvalue weighted by atomic mass is 10.2. The van der Waals surface area contributed by atoms with Gasteiger partial charge in [0.25, 0.3) is 0 Å². The molecule has 0 atom stereocenters. The van der Waals surface area contributed by atoms with E-state index in [9.17, 15) is 5.11 Å². The monoisotopic (exact) mass is 374 g/mol. The van der Waals surface area contributed by atoms with Gasteiger partial charge >= 0.3 is 0 Å². The standard InChI is InChI=1S/C19H19ClN2O2S/c1-24-17-8-6-14(7-9-17)11-22-16(12-23)10-21-19(22)25-13-15-4-2-3-5-18(15)20/h2-10,23H,11-13H2,1H3. The minimum absolute atomic E-state index is 0.0458. The summed E-state index contributed by atoms with van der Waals surface area (Å²) >= 11 is 7.84. The molecule has 1 aromatic heterocycles. The lowest BCUT2D eigenvalue weighted by Gasteiger charge is -2.12. The second kappa shape index (κ2) is 8.43. The molecular formula is C19H19ClN2O2S. The Hall–Kier alpha value is -1.95. The summed E-state index contributed by atoms with van der Waals surface area (Å²) in [7, 11) is 1.65. The zero-order valence-corrected chi connectivity index (χ0v) is 15.4. The SMILES string of the molecule is COc1ccc(Cn2c(CO)cnc2SCc2ccccc2Cl)cc1. The predicted octanol–water partition coefficient (Wildman–Crippen LogP) is 4.38. The van der Waals surface area contributed by atoms with Crippen molar-refractivity contribution >= 4 is 23.4 Å². The van der Waals surface area contributed by atoms with Crippen molar-refractivity contribution in [2.75, 3.05) is 7.11 Å². The van der Waals surface area contributed by atoms with Crippen molar-refractivity contribution in [1.82, 2.24) is 9.55 Å². The third kappa shape index (κ3) is 4.37. The van der Waals surface area contributed by atoms with Gasteiger partial charge in [0.15, 0.2) is 5.16 Å². The fourth-order valence-corrected chi connectivity index (χ4v) is 3.76. The van der Waals surface area contributed by atoms with Gasteiger partial charge in [0, 0.05) is 17.3 Å². The van der Waals surface area contributed by atoms with Crippen LogP contribution in [0.4, 0.5) is 0 Å². The summed E-state index contributed by atoms with van der Waals surface area (Å²) in [4.78, 5) is 4.46. The zero-order chi connectivity index (χ0) is 17.6. The van der Waals surface area contributed by atoms with Crippen LogP contribution in [0.3, 0.4) is 0 Å². The second-order valence-corrected chi connectivity index (χ2v) is 6.85. The maximum Gasteiger partial charge on any atom is 0.168 e. The minimum atomic E-state index is -0.0458. The molecule has 0 aliphatic rings. The smallest absolute Gasteiger partial charge is 0.168 e. The van der Waals surface area contributed by atoms with Crippen molar-refractivity contribution in [3.63, 3.8) is 0 Å². The van der Waals surface area contributed by atoms with Gasteiger partial charge in [-0.3, -0.25) is 0 Å². The summed E-state index contributed by atoms with van der Waals surface area (Å²) < 4.78 is 7.23. The highest BCUT2D eigenvalue weighted by Crippen LogP contribution is 2.27. The molecule has 1 N–H and O–H groups in total. The number of nitrogens with zero attached hydrogens (tertiary/aromatic N) is 2. The average molecular weight is 375 g/mol. The van der Waals surface area contributed by atoms with E-state index in [0.29, 0.717) is 6.54 Å². The first-order valence-corrected chi connectivity index (χ1v) is 9.22. The van der Waals surface area contributed by atoms with Crippen LogP contribution in [-0.2, 0) is 18.9 Å². The van der Waals surface area contributed by atoms with E-state index in [2.05, 4.69) is 4.98 Å². The Morgan fingerprint density at radius 2 is 1.92 bits per heavy atom. The minimum Gasteiger partial charge on any atom is -0.497 e. The fraction of sp³-hybridized carbons (Fsp3) is 0.211. The van der Waals surface area contributed by atoms with Crippen LogP contribution < -0.4 is 4.74 Å². The number of methoxy groups -OCH3 is 1. The van der Waals surface area contributed by atoms with Gasteiger partial charge < -0.3 is 14.4 Å². The van der Waals surface area contributed by atoms with Crippen molar-refractivity contribution in [1.29, 1.82) is 0 Å². The summed E-state index contributed by atoms with van der Waals surface area (Å²) in [5, 5.41) is 11.2. The maximum atomic E-state index is 9.61. The Kier molecular flexibility index (Phi) is 6.02. The van der Waals surface area contributed by atoms with Crippen molar-refractivity contribution in [3.05, 3.63) is 76.6 Å². The third-order valence-corrected chi connectivity index (χ3v) is 5.29. The Labute approximate surface area is 156 Å². The highest BCUT2D eigenvalue weighted by molar-refractivity contribution is 7.98. The first kappa shape index (κ1) is 17.9. The molecular weight excluding hydrogens is 356 g/mol. The fourth-order valence-electron chi connectivity index (χ4n) is 2.47. The summed E-state index contributed by atoms with van der Waals surface area (Å²) in [6.45, 7) is 0.598. The summed E-state index contributed by atoms with van der Waals surface area (Å²) in [6, 6.07) is 15.7. The van der Waals surface area contributed by atoms with Crippen molar-refractivity contribution in [2.45, 2.75) is 24.1 Å². The largest absolute Gasteiger partial charge is 0.497 e. The van der Waals surface area contributed by atoms with Crippen LogP contribution in [0.25, 0.3) is 0 Å². The number of aliphatic hydroxyl groups excluding tert-OH is 1. The van der Waals surface area contributed by atoms with Gasteiger partial charge in [-0.2, -0.15) is 0 Å². The van der Waals surface area contributed by atoms with E-state index in [0.717, 1.165) is 38.5 Å². The molecule has 3 rings (SSSR count). The van der Waals surface area contributed by atoms with Crippen LogP contribution in [0.5, 0.6) is 5.75 Å². The predicted molar refractivity (Wildman–Crippen MR) is 101 cm³/mol. The lowest BCUT2D eigenvalue weighted by molar-refractivity contribution is 0.270. The quantitative estimate of drug-likeness (QED) is 0.623. The number of aliphatic hydroxyl groups is 1. The molecule has 0 saturated carbocycles. The van der Waals surface area contributed by atoms with E-state index in [1.165, 1.54) is 0 Å². The van der Waals surface area contributed by atoms with E-state index >= 15 is 0 Å². The number of aromatic nitrogens is 2. The lowest BCUT2D eigenvalue weighted by Crippen LogP contribution is -2.06. The van der Waals surface area contributed by atoms with Crippen molar-refractivity contribution in [3.8, 4) is 5.75 Å². The Morgan fingerprint density at radius 1 is 1.16 bits per heavy atom. The number of thioether (sulfide) groups is 1. The molecule has 0 aliphatic heterocycles. The highest BCUT2D eigenvalue weighted by Gasteiger charge is 2.12. The molecule has 0 fully saturated rings. The molecule has 3 aromatic rings. The molecule has 25 heavy (non-hydrogen) atoms. The Balaban J connectivity index is 1.78. The van der Waals surface area contributed by atoms with Crippen LogP contribution in [0.15, 0.2) is 59.9 Å². The first-order chi connectivity index (χ1) is 12.2. The van der Waals surface area contributed by atoms with Gasteiger partial charge in [-0.1, -0.05) is 53.7 Å². The van der Waals surface area contributed by atoms with Gasteiger partial charge in [-0.15, -0.1) is 0 Å². The molecule has 2 aromatic carbocycles. The van der Waals surface area contributed by atoms with Gasteiger partial charge in [0.1, 0.15) is 5.75 Å². The van der Waals surface area contributed by atoms with E-state index < -0.39 is 0 Å². The van der Waals surface area contributed by atoms with E-state index in [-0.39, 0.29) is 6.61 Å². The number of hydrogen-bond acceptors (Lipinski definition) is 4. The number of ether oxygens (including phenoxy) is 1. The van der Waals surface area contributed by atoms with Gasteiger partial charge in [0.05, 0.1) is 25.6 Å². The van der Waals surface area contributed by atoms with Crippen molar-refractivity contribution in [2.24, 2.45) is 0 Å². The molecule has 4 nitrogen and oxygen atoms in total. The molecule has 0 aliphatic carbocycles. The first-order valence-electron chi connectivity index (χ1n) is 7.85. The molecule has 0 amide bonds. The van der Waals surface area contributed by atoms with Crippen molar-refractivity contribution < 1.29 is 9.84 Å². The molecule has 0 radical (unpaired) electrons. The van der Waals surface area contributed by atoms with Gasteiger partial charge in [0.2, 0.25) is 0 Å². The van der Waals surface area contributed by atoms with Gasteiger partial charge in [-0.25, -0.2) is 4.98 Å². The maximum absolute atomic E-state index is 9.61. The van der Waals surface area contributed by atoms with Crippen LogP contribution in [0.2, 0.25) is 5.02 Å². The second-order valence-electron chi connectivity index (χ2n) is 5.50. The zero-order valence-electron chi connectivity index (χ0n) is 13.9. The number of benzene rings is 2. The van der Waals surface area contributed by atoms with Crippen LogP contribution in [0.1, 0.15) is 16.8 Å². The number of imidazole rings is 1. The van der Waals surface area contributed by atoms with E-state index in [4.69, 9.17) is 16.3 Å². The number of rotatable bonds is 7. The molecule has 0 spiro atoms. The Morgan fingerprint density at radius 3 is 2.60 bits per heavy atom. The van der Waals surface area contributed by atoms with Gasteiger partial charge in [-0.05, 0) is 29.3 Å². The average Bonchev–Trinajstić information content (AvgIpc) is 3.03. The summed E-state index contributed by atoms with van der Waals surface area (Å²) in [6.07, 6.45) is 1.72. The van der Waals surface area contributed by atoms with Crippen LogP contribution in [-0.4, -0.2) is 21.8 Å². The number of halogens is 1. The molecule has 6 heteroatoms.